The summed E-state index contributed by atoms with van der Waals surface area (Å²) in [6, 6.07) is 10.4. The maximum absolute atomic E-state index is 13.6. The number of rotatable bonds is 4. The van der Waals surface area contributed by atoms with Gasteiger partial charge >= 0.3 is 0 Å². The minimum atomic E-state index is -0.614. The van der Waals surface area contributed by atoms with Crippen LogP contribution in [0.2, 0.25) is 0 Å². The van der Waals surface area contributed by atoms with Crippen LogP contribution in [0.3, 0.4) is 0 Å². The van der Waals surface area contributed by atoms with Crippen LogP contribution in [-0.2, 0) is 11.2 Å². The number of anilines is 1. The van der Waals surface area contributed by atoms with Crippen LogP contribution >= 0.6 is 0 Å². The highest BCUT2D eigenvalue weighted by Gasteiger charge is 2.17. The molecule has 4 N–H and O–H groups in total. The van der Waals surface area contributed by atoms with Gasteiger partial charge in [-0.3, -0.25) is 9.59 Å². The molecule has 0 saturated carbocycles. The molecule has 5 heteroatoms. The van der Waals surface area contributed by atoms with E-state index in [4.69, 9.17) is 11.5 Å². The lowest BCUT2D eigenvalue weighted by Crippen LogP contribution is -2.16. The van der Waals surface area contributed by atoms with Crippen LogP contribution < -0.4 is 11.5 Å². The standard InChI is InChI=1S/C15H13FN2O2/c16-12-7-2-1-5-10(12)15(20)11-6-3-4-9(14(11)18)8-13(17)19/h1-7H,8,18H2,(H2,17,19). The van der Waals surface area contributed by atoms with E-state index in [0.717, 1.165) is 0 Å². The summed E-state index contributed by atoms with van der Waals surface area (Å²) in [5, 5.41) is 0. The molecule has 2 rings (SSSR count). The fraction of sp³-hybridized carbons (Fsp3) is 0.0667. The van der Waals surface area contributed by atoms with Gasteiger partial charge in [0.15, 0.2) is 5.78 Å². The molecule has 0 aromatic heterocycles. The molecule has 0 bridgehead atoms. The minimum Gasteiger partial charge on any atom is -0.398 e. The maximum atomic E-state index is 13.6. The summed E-state index contributed by atoms with van der Waals surface area (Å²) in [6.45, 7) is 0. The monoisotopic (exact) mass is 272 g/mol. The van der Waals surface area contributed by atoms with Crippen molar-refractivity contribution < 1.29 is 14.0 Å². The third-order valence-corrected chi connectivity index (χ3v) is 2.92. The first-order valence-electron chi connectivity index (χ1n) is 5.95. The molecule has 0 atom stereocenters. The van der Waals surface area contributed by atoms with E-state index in [1.54, 1.807) is 18.2 Å². The van der Waals surface area contributed by atoms with Gasteiger partial charge in [0.05, 0.1) is 12.0 Å². The van der Waals surface area contributed by atoms with Gasteiger partial charge in [-0.2, -0.15) is 0 Å². The second-order valence-corrected chi connectivity index (χ2v) is 4.33. The molecule has 0 aliphatic carbocycles. The summed E-state index contributed by atoms with van der Waals surface area (Å²) in [6.07, 6.45) is -0.0653. The molecule has 0 aliphatic heterocycles. The van der Waals surface area contributed by atoms with Crippen molar-refractivity contribution in [3.8, 4) is 0 Å². The highest BCUT2D eigenvalue weighted by molar-refractivity contribution is 6.12. The molecule has 0 fully saturated rings. The number of carbonyl (C=O) groups excluding carboxylic acids is 2. The SMILES string of the molecule is NC(=O)Cc1cccc(C(=O)c2ccccc2F)c1N. The normalized spacial score (nSPS) is 10.2. The van der Waals surface area contributed by atoms with E-state index in [1.165, 1.54) is 24.3 Å². The Morgan fingerprint density at radius 2 is 1.65 bits per heavy atom. The summed E-state index contributed by atoms with van der Waals surface area (Å²) in [7, 11) is 0. The Morgan fingerprint density at radius 3 is 2.30 bits per heavy atom. The molecule has 0 heterocycles. The van der Waals surface area contributed by atoms with E-state index in [2.05, 4.69) is 0 Å². The second-order valence-electron chi connectivity index (χ2n) is 4.33. The molecule has 0 unspecified atom stereocenters. The number of ketones is 1. The number of amides is 1. The molecule has 0 radical (unpaired) electrons. The zero-order chi connectivity index (χ0) is 14.7. The zero-order valence-electron chi connectivity index (χ0n) is 10.6. The van der Waals surface area contributed by atoms with Gasteiger partial charge in [-0.15, -0.1) is 0 Å². The molecule has 20 heavy (non-hydrogen) atoms. The lowest BCUT2D eigenvalue weighted by molar-refractivity contribution is -0.117. The van der Waals surface area contributed by atoms with E-state index >= 15 is 0 Å². The fourth-order valence-corrected chi connectivity index (χ4v) is 1.94. The third kappa shape index (κ3) is 2.66. The number of carbonyl (C=O) groups is 2. The van der Waals surface area contributed by atoms with Gasteiger partial charge in [0.1, 0.15) is 5.82 Å². The van der Waals surface area contributed by atoms with Crippen LogP contribution in [0.25, 0.3) is 0 Å². The van der Waals surface area contributed by atoms with Gasteiger partial charge in [0.2, 0.25) is 5.91 Å². The highest BCUT2D eigenvalue weighted by atomic mass is 19.1. The number of primary amides is 1. The van der Waals surface area contributed by atoms with Crippen LogP contribution in [0.5, 0.6) is 0 Å². The smallest absolute Gasteiger partial charge is 0.221 e. The van der Waals surface area contributed by atoms with E-state index in [9.17, 15) is 14.0 Å². The van der Waals surface area contributed by atoms with Gasteiger partial charge in [0.25, 0.3) is 0 Å². The topological polar surface area (TPSA) is 86.2 Å². The van der Waals surface area contributed by atoms with E-state index in [-0.39, 0.29) is 23.2 Å². The molecule has 0 saturated heterocycles. The van der Waals surface area contributed by atoms with Crippen molar-refractivity contribution in [3.05, 3.63) is 65.0 Å². The molecule has 102 valence electrons. The van der Waals surface area contributed by atoms with E-state index in [1.807, 2.05) is 0 Å². The summed E-state index contributed by atoms with van der Waals surface area (Å²) < 4.78 is 13.6. The summed E-state index contributed by atoms with van der Waals surface area (Å²) in [5.74, 6) is -1.68. The van der Waals surface area contributed by atoms with Gasteiger partial charge in [0, 0.05) is 11.3 Å². The Hall–Kier alpha value is -2.69. The van der Waals surface area contributed by atoms with E-state index < -0.39 is 17.5 Å². The van der Waals surface area contributed by atoms with Crippen molar-refractivity contribution in [2.24, 2.45) is 5.73 Å². The Labute approximate surface area is 115 Å². The Balaban J connectivity index is 2.46. The average molecular weight is 272 g/mol. The molecule has 2 aromatic carbocycles. The van der Waals surface area contributed by atoms with Crippen LogP contribution in [0, 0.1) is 5.82 Å². The molecular formula is C15H13FN2O2. The number of nitrogens with two attached hydrogens (primary N) is 2. The van der Waals surface area contributed by atoms with Gasteiger partial charge in [-0.05, 0) is 23.8 Å². The van der Waals surface area contributed by atoms with Crippen molar-refractivity contribution in [2.75, 3.05) is 5.73 Å². The van der Waals surface area contributed by atoms with Crippen molar-refractivity contribution in [1.82, 2.24) is 0 Å². The van der Waals surface area contributed by atoms with Crippen molar-refractivity contribution >= 4 is 17.4 Å². The molecule has 2 aromatic rings. The lowest BCUT2D eigenvalue weighted by atomic mass is 9.97. The van der Waals surface area contributed by atoms with Crippen molar-refractivity contribution in [3.63, 3.8) is 0 Å². The average Bonchev–Trinajstić information content (AvgIpc) is 2.40. The Kier molecular flexibility index (Phi) is 3.79. The molecular weight excluding hydrogens is 259 g/mol. The van der Waals surface area contributed by atoms with Crippen molar-refractivity contribution in [2.45, 2.75) is 6.42 Å². The Morgan fingerprint density at radius 1 is 1.00 bits per heavy atom. The van der Waals surface area contributed by atoms with Crippen LogP contribution in [0.1, 0.15) is 21.5 Å². The number of halogens is 1. The van der Waals surface area contributed by atoms with Crippen LogP contribution in [0.15, 0.2) is 42.5 Å². The maximum Gasteiger partial charge on any atom is 0.221 e. The summed E-state index contributed by atoms with van der Waals surface area (Å²) >= 11 is 0. The molecule has 1 amide bonds. The third-order valence-electron chi connectivity index (χ3n) is 2.92. The second kappa shape index (κ2) is 5.52. The lowest BCUT2D eigenvalue weighted by Gasteiger charge is -2.09. The number of hydrogen-bond donors (Lipinski definition) is 2. The highest BCUT2D eigenvalue weighted by Crippen LogP contribution is 2.22. The molecule has 4 nitrogen and oxygen atoms in total. The van der Waals surface area contributed by atoms with Crippen LogP contribution in [0.4, 0.5) is 10.1 Å². The number of para-hydroxylation sites is 1. The molecule has 0 spiro atoms. The first-order chi connectivity index (χ1) is 9.50. The number of benzene rings is 2. The molecule has 0 aliphatic rings. The van der Waals surface area contributed by atoms with E-state index in [0.29, 0.717) is 5.56 Å². The predicted octanol–water partition coefficient (Wildman–Crippen LogP) is 1.67. The van der Waals surface area contributed by atoms with Gasteiger partial charge in [-0.1, -0.05) is 24.3 Å². The summed E-state index contributed by atoms with van der Waals surface area (Å²) in [4.78, 5) is 23.2. The van der Waals surface area contributed by atoms with Crippen LogP contribution in [-0.4, -0.2) is 11.7 Å². The van der Waals surface area contributed by atoms with Crippen molar-refractivity contribution in [1.29, 1.82) is 0 Å². The minimum absolute atomic E-state index is 0.0598. The summed E-state index contributed by atoms with van der Waals surface area (Å²) in [5.41, 5.74) is 11.7. The number of hydrogen-bond acceptors (Lipinski definition) is 3. The number of nitrogen functional groups attached to an aromatic ring is 1. The first kappa shape index (κ1) is 13.7. The quantitative estimate of drug-likeness (QED) is 0.655. The first-order valence-corrected chi connectivity index (χ1v) is 5.95. The largest absolute Gasteiger partial charge is 0.398 e. The van der Waals surface area contributed by atoms with Gasteiger partial charge < -0.3 is 11.5 Å². The Bertz CT molecular complexity index is 683. The van der Waals surface area contributed by atoms with Gasteiger partial charge in [-0.25, -0.2) is 4.39 Å². The zero-order valence-corrected chi connectivity index (χ0v) is 10.6. The predicted molar refractivity (Wildman–Crippen MR) is 73.6 cm³/mol. The fourth-order valence-electron chi connectivity index (χ4n) is 1.94.